The quantitative estimate of drug-likeness (QED) is 0.355. The van der Waals surface area contributed by atoms with E-state index in [9.17, 15) is 32.4 Å². The second kappa shape index (κ2) is 14.4. The van der Waals surface area contributed by atoms with Gasteiger partial charge in [0.25, 0.3) is 11.5 Å². The van der Waals surface area contributed by atoms with Gasteiger partial charge in [0, 0.05) is 18.9 Å². The summed E-state index contributed by atoms with van der Waals surface area (Å²) in [5.41, 5.74) is -2.03. The molecule has 16 heteroatoms. The predicted molar refractivity (Wildman–Crippen MR) is 189 cm³/mol. The molecule has 3 fully saturated rings. The van der Waals surface area contributed by atoms with E-state index in [2.05, 4.69) is 27.0 Å². The molecular formula is C36H46N6O9S. The van der Waals surface area contributed by atoms with Gasteiger partial charge in [-0.2, -0.15) is 5.10 Å². The average molecular weight is 739 g/mol. The van der Waals surface area contributed by atoms with Gasteiger partial charge in [-0.25, -0.2) is 17.9 Å². The highest BCUT2D eigenvalue weighted by Gasteiger charge is 2.62. The Morgan fingerprint density at radius 1 is 1.06 bits per heavy atom. The zero-order valence-corrected chi connectivity index (χ0v) is 30.4. The third-order valence-corrected chi connectivity index (χ3v) is 12.0. The Kier molecular flexibility index (Phi) is 10.2. The Balaban J connectivity index is 1.38. The second-order valence-corrected chi connectivity index (χ2v) is 17.0. The standard InChI is InChI=1S/C36H46N6O9S/c1-5-23-19-36(23,33(46)40-52(48,49)25-14-15-25)39-30(43)26-18-24-21-41(26)32(45)29(35(2,3)4)38-34(47)51-17-11-7-10-16-50-27-20-37-42(24)31(44)28(27)22-12-8-6-9-13-22/h5-6,8-9,12-13,20,23-26,29H,1,7,10-11,14-19,21H2,2-4H3,(H,38,47)(H,39,43)(H,40,46)/t23?,24-,26+,29-,36?/m1/s1. The number of ether oxygens (including phenoxy) is 2. The van der Waals surface area contributed by atoms with Gasteiger partial charge < -0.3 is 25.0 Å². The van der Waals surface area contributed by atoms with Crippen LogP contribution in [-0.4, -0.2) is 89.5 Å². The first kappa shape index (κ1) is 37.0. The van der Waals surface area contributed by atoms with E-state index < -0.39 is 79.6 Å². The van der Waals surface area contributed by atoms with E-state index in [4.69, 9.17) is 9.47 Å². The molecule has 2 unspecified atom stereocenters. The van der Waals surface area contributed by atoms with Crippen LogP contribution in [0.25, 0.3) is 11.1 Å². The van der Waals surface area contributed by atoms with Crippen LogP contribution in [0, 0.1) is 11.3 Å². The summed E-state index contributed by atoms with van der Waals surface area (Å²) in [6.07, 6.45) is 4.90. The molecule has 52 heavy (non-hydrogen) atoms. The van der Waals surface area contributed by atoms with Gasteiger partial charge in [-0.15, -0.1) is 6.58 Å². The summed E-state index contributed by atoms with van der Waals surface area (Å²) in [7, 11) is -3.92. The summed E-state index contributed by atoms with van der Waals surface area (Å²) in [6, 6.07) is 5.82. The highest BCUT2D eigenvalue weighted by atomic mass is 32.2. The molecule has 7 rings (SSSR count). The third-order valence-electron chi connectivity index (χ3n) is 10.1. The highest BCUT2D eigenvalue weighted by molar-refractivity contribution is 7.91. The van der Waals surface area contributed by atoms with Crippen molar-refractivity contribution in [3.63, 3.8) is 0 Å². The van der Waals surface area contributed by atoms with Crippen molar-refractivity contribution in [2.24, 2.45) is 11.3 Å². The van der Waals surface area contributed by atoms with Crippen LogP contribution in [0.5, 0.6) is 5.75 Å². The van der Waals surface area contributed by atoms with E-state index in [1.807, 2.05) is 6.07 Å². The molecule has 3 N–H and O–H groups in total. The van der Waals surface area contributed by atoms with Crippen molar-refractivity contribution in [2.45, 2.75) is 94.6 Å². The normalized spacial score (nSPS) is 26.9. The van der Waals surface area contributed by atoms with Crippen molar-refractivity contribution in [3.05, 3.63) is 59.5 Å². The molecule has 4 heterocycles. The van der Waals surface area contributed by atoms with Crippen LogP contribution in [-0.2, 0) is 29.1 Å². The Morgan fingerprint density at radius 2 is 1.75 bits per heavy atom. The molecule has 3 aliphatic heterocycles. The maximum absolute atomic E-state index is 14.5. The minimum absolute atomic E-state index is 0.0724. The van der Waals surface area contributed by atoms with Gasteiger partial charge in [-0.3, -0.25) is 23.9 Å². The lowest BCUT2D eigenvalue weighted by atomic mass is 9.85. The van der Waals surface area contributed by atoms with Gasteiger partial charge in [0.2, 0.25) is 21.8 Å². The van der Waals surface area contributed by atoms with E-state index in [1.54, 1.807) is 45.0 Å². The van der Waals surface area contributed by atoms with Gasteiger partial charge in [-0.1, -0.05) is 57.2 Å². The lowest BCUT2D eigenvalue weighted by Gasteiger charge is -2.35. The molecule has 5 atom stereocenters. The van der Waals surface area contributed by atoms with E-state index in [1.165, 1.54) is 21.9 Å². The molecule has 15 nitrogen and oxygen atoms in total. The largest absolute Gasteiger partial charge is 0.491 e. The van der Waals surface area contributed by atoms with E-state index in [0.29, 0.717) is 44.3 Å². The van der Waals surface area contributed by atoms with Crippen LogP contribution >= 0.6 is 0 Å². The summed E-state index contributed by atoms with van der Waals surface area (Å²) in [4.78, 5) is 70.8. The molecule has 2 aliphatic carbocycles. The van der Waals surface area contributed by atoms with E-state index in [-0.39, 0.29) is 37.3 Å². The topological polar surface area (TPSA) is 195 Å². The predicted octanol–water partition coefficient (Wildman–Crippen LogP) is 2.43. The zero-order chi connectivity index (χ0) is 37.4. The lowest BCUT2D eigenvalue weighted by Crippen LogP contribution is -2.60. The molecule has 4 bridgehead atoms. The molecule has 1 aromatic carbocycles. The van der Waals surface area contributed by atoms with Crippen LogP contribution in [0.4, 0.5) is 4.79 Å². The summed E-state index contributed by atoms with van der Waals surface area (Å²) < 4.78 is 40.2. The van der Waals surface area contributed by atoms with Gasteiger partial charge in [0.05, 0.1) is 36.3 Å². The number of aromatic nitrogens is 2. The number of benzene rings is 1. The zero-order valence-electron chi connectivity index (χ0n) is 29.6. The molecular weight excluding hydrogens is 692 g/mol. The number of alkyl carbamates (subject to hydrolysis) is 1. The Morgan fingerprint density at radius 3 is 2.38 bits per heavy atom. The highest BCUT2D eigenvalue weighted by Crippen LogP contribution is 2.46. The Hall–Kier alpha value is -4.73. The summed E-state index contributed by atoms with van der Waals surface area (Å²) in [6.45, 7) is 9.31. The lowest BCUT2D eigenvalue weighted by molar-refractivity contribution is -0.142. The van der Waals surface area contributed by atoms with Crippen molar-refractivity contribution in [1.29, 1.82) is 0 Å². The van der Waals surface area contributed by atoms with Crippen LogP contribution < -0.4 is 25.7 Å². The number of hydrogen-bond acceptors (Lipinski definition) is 10. The Bertz CT molecular complexity index is 1910. The first-order valence-electron chi connectivity index (χ1n) is 17.7. The first-order valence-corrected chi connectivity index (χ1v) is 19.3. The van der Waals surface area contributed by atoms with Crippen molar-refractivity contribution < 1.29 is 37.1 Å². The number of carbonyl (C=O) groups excluding carboxylic acids is 4. The molecule has 280 valence electrons. The SMILES string of the molecule is C=CC1CC1(NC(=O)[C@@H]1C[C@@H]2CN1C(=O)[C@H](C(C)(C)C)NC(=O)OCCCCCOc1cnn2c(=O)c1-c1ccccc1)C(=O)NS(=O)(=O)C1CC1. The molecule has 4 amide bonds. The van der Waals surface area contributed by atoms with Crippen molar-refractivity contribution in [3.8, 4) is 16.9 Å². The summed E-state index contributed by atoms with van der Waals surface area (Å²) in [5.74, 6) is -2.47. The first-order chi connectivity index (χ1) is 24.7. The van der Waals surface area contributed by atoms with Crippen LogP contribution in [0.1, 0.15) is 71.8 Å². The van der Waals surface area contributed by atoms with Gasteiger partial charge >= 0.3 is 6.09 Å². The molecule has 5 aliphatic rings. The van der Waals surface area contributed by atoms with Crippen molar-refractivity contribution >= 4 is 33.8 Å². The fourth-order valence-electron chi connectivity index (χ4n) is 6.90. The van der Waals surface area contributed by atoms with Crippen molar-refractivity contribution in [1.82, 2.24) is 30.0 Å². The van der Waals surface area contributed by atoms with Crippen molar-refractivity contribution in [2.75, 3.05) is 19.8 Å². The fourth-order valence-corrected chi connectivity index (χ4v) is 8.26. The van der Waals surface area contributed by atoms with Gasteiger partial charge in [0.15, 0.2) is 5.75 Å². The van der Waals surface area contributed by atoms with E-state index in [0.717, 1.165) is 0 Å². The smallest absolute Gasteiger partial charge is 0.407 e. The number of hydrogen-bond donors (Lipinski definition) is 3. The minimum atomic E-state index is -3.92. The molecule has 1 aromatic heterocycles. The molecule has 0 spiro atoms. The molecule has 0 radical (unpaired) electrons. The molecule has 1 saturated heterocycles. The van der Waals surface area contributed by atoms with Crippen LogP contribution in [0.2, 0.25) is 0 Å². The number of carbonyl (C=O) groups is 4. The maximum Gasteiger partial charge on any atom is 0.407 e. The Labute approximate surface area is 302 Å². The number of nitrogens with one attached hydrogen (secondary N) is 3. The third kappa shape index (κ3) is 7.57. The van der Waals surface area contributed by atoms with E-state index >= 15 is 0 Å². The second-order valence-electron chi connectivity index (χ2n) is 15.1. The number of sulfonamides is 1. The fraction of sp³-hybridized carbons (Fsp3) is 0.556. The number of amides is 4. The monoisotopic (exact) mass is 738 g/mol. The summed E-state index contributed by atoms with van der Waals surface area (Å²) in [5, 5.41) is 9.25. The maximum atomic E-state index is 14.5. The molecule has 2 saturated carbocycles. The number of nitrogens with zero attached hydrogens (tertiary/aromatic N) is 3. The molecule has 2 aromatic rings. The van der Waals surface area contributed by atoms with Gasteiger partial charge in [0.1, 0.15) is 17.6 Å². The summed E-state index contributed by atoms with van der Waals surface area (Å²) >= 11 is 0. The number of fused-ring (bicyclic) bond motifs is 12. The number of rotatable bonds is 7. The average Bonchev–Trinajstić information content (AvgIpc) is 4.02. The van der Waals surface area contributed by atoms with Gasteiger partial charge in [-0.05, 0) is 49.5 Å². The minimum Gasteiger partial charge on any atom is -0.491 e. The van der Waals surface area contributed by atoms with Crippen LogP contribution in [0.3, 0.4) is 0 Å². The van der Waals surface area contributed by atoms with Crippen LogP contribution in [0.15, 0.2) is 54.0 Å².